The second-order valence-electron chi connectivity index (χ2n) is 13.4. The third kappa shape index (κ3) is 15.3. The Hall–Kier alpha value is -4.02. The number of hydrogen-bond donors (Lipinski definition) is 9. The molecule has 5 amide bonds. The number of halogens is 1. The van der Waals surface area contributed by atoms with Gasteiger partial charge in [-0.2, -0.15) is 0 Å². The molecule has 5 atom stereocenters. The van der Waals surface area contributed by atoms with Gasteiger partial charge in [-0.15, -0.1) is 0 Å². The molecule has 0 fully saturated rings. The maximum Gasteiger partial charge on any atom is 0.475 e. The van der Waals surface area contributed by atoms with Gasteiger partial charge < -0.3 is 48.1 Å². The molecule has 0 heterocycles. The number of rotatable bonds is 22. The average Bonchev–Trinajstić information content (AvgIpc) is 3.10. The molecular formula is C36H55BClN7O7. The molecule has 2 aromatic rings. The van der Waals surface area contributed by atoms with Gasteiger partial charge in [0.25, 0.3) is 5.91 Å². The Morgan fingerprint density at radius 1 is 0.635 bits per heavy atom. The van der Waals surface area contributed by atoms with Gasteiger partial charge in [0, 0.05) is 10.6 Å². The van der Waals surface area contributed by atoms with Gasteiger partial charge in [0.15, 0.2) is 0 Å². The van der Waals surface area contributed by atoms with E-state index in [1.165, 1.54) is 13.8 Å². The fraction of sp³-hybridized carbons (Fsp3) is 0.528. The van der Waals surface area contributed by atoms with E-state index in [1.54, 1.807) is 36.4 Å². The molecule has 0 saturated carbocycles. The predicted octanol–water partition coefficient (Wildman–Crippen LogP) is 1.40. The lowest BCUT2D eigenvalue weighted by molar-refractivity contribution is -0.134. The van der Waals surface area contributed by atoms with E-state index < -0.39 is 66.8 Å². The molecule has 0 bridgehead atoms. The Bertz CT molecular complexity index is 1450. The third-order valence-corrected chi connectivity index (χ3v) is 8.63. The summed E-state index contributed by atoms with van der Waals surface area (Å²) in [7, 11) is -1.79. The monoisotopic (exact) mass is 743 g/mol. The highest BCUT2D eigenvalue weighted by Crippen LogP contribution is 2.22. The first-order chi connectivity index (χ1) is 24.7. The molecule has 52 heavy (non-hydrogen) atoms. The molecule has 2 rings (SSSR count). The molecule has 0 aliphatic heterocycles. The lowest BCUT2D eigenvalue weighted by Gasteiger charge is -2.26. The summed E-state index contributed by atoms with van der Waals surface area (Å²) in [4.78, 5) is 66.5. The summed E-state index contributed by atoms with van der Waals surface area (Å²) < 4.78 is 0. The van der Waals surface area contributed by atoms with Crippen molar-refractivity contribution in [1.29, 1.82) is 0 Å². The van der Waals surface area contributed by atoms with Gasteiger partial charge in [-0.3, -0.25) is 24.0 Å². The molecule has 2 aromatic carbocycles. The van der Waals surface area contributed by atoms with E-state index in [0.29, 0.717) is 49.4 Å². The minimum Gasteiger partial charge on any atom is -0.426 e. The summed E-state index contributed by atoms with van der Waals surface area (Å²) >= 11 is 6.00. The topological polar surface area (TPSA) is 238 Å². The molecule has 286 valence electrons. The minimum absolute atomic E-state index is 0.00413. The summed E-state index contributed by atoms with van der Waals surface area (Å²) in [5.74, 6) is -3.88. The van der Waals surface area contributed by atoms with E-state index in [2.05, 4.69) is 26.6 Å². The van der Waals surface area contributed by atoms with Crippen LogP contribution in [0.1, 0.15) is 83.0 Å². The number of carbonyl (C=O) groups excluding carboxylic acids is 5. The zero-order valence-electron chi connectivity index (χ0n) is 30.5. The highest BCUT2D eigenvalue weighted by molar-refractivity contribution is 6.43. The number of unbranched alkanes of at least 4 members (excludes halogenated alkanes) is 2. The standard InChI is InChI=1S/C36H55BClN7O7/c1-22(2)21-31(36(50)42-24(4)37(51)52)45-32(46)23(3)41-34(48)29(9-5-7-19-39)44-35(49)30(10-6-8-20-40)43-33(47)27-13-11-25(12-14-27)26-15-17-28(38)18-16-26/h11-18,22-24,29-31,51-52H,5-10,19-21,39-40H2,1-4H3,(H,41,48)(H,42,50)(H,43,47)(H,44,49)(H,45,46)/t23-,24-,29?,30-,31-/m0/s1. The second kappa shape index (κ2) is 22.8. The van der Waals surface area contributed by atoms with Crippen molar-refractivity contribution in [2.45, 2.75) is 103 Å². The normalized spacial score (nSPS) is 14.0. The molecule has 0 aliphatic carbocycles. The predicted molar refractivity (Wildman–Crippen MR) is 203 cm³/mol. The molecule has 0 spiro atoms. The maximum atomic E-state index is 13.7. The summed E-state index contributed by atoms with van der Waals surface area (Å²) in [5.41, 5.74) is 13.5. The van der Waals surface area contributed by atoms with Gasteiger partial charge in [-0.25, -0.2) is 0 Å². The summed E-state index contributed by atoms with van der Waals surface area (Å²) in [6.45, 7) is 7.36. The van der Waals surface area contributed by atoms with Gasteiger partial charge >= 0.3 is 7.12 Å². The Balaban J connectivity index is 2.17. The van der Waals surface area contributed by atoms with Crippen LogP contribution in [-0.4, -0.2) is 89.9 Å². The highest BCUT2D eigenvalue weighted by atomic mass is 35.5. The van der Waals surface area contributed by atoms with Crippen LogP contribution < -0.4 is 38.1 Å². The highest BCUT2D eigenvalue weighted by Gasteiger charge is 2.31. The zero-order valence-corrected chi connectivity index (χ0v) is 31.2. The Kier molecular flexibility index (Phi) is 19.4. The van der Waals surface area contributed by atoms with E-state index in [1.807, 2.05) is 26.0 Å². The first-order valence-electron chi connectivity index (χ1n) is 17.8. The number of nitrogens with one attached hydrogen (secondary N) is 5. The largest absolute Gasteiger partial charge is 0.475 e. The van der Waals surface area contributed by atoms with Gasteiger partial charge in [0.05, 0.1) is 5.94 Å². The number of amides is 5. The molecule has 0 aliphatic rings. The first-order valence-corrected chi connectivity index (χ1v) is 18.2. The van der Waals surface area contributed by atoms with Crippen LogP contribution in [0.15, 0.2) is 48.5 Å². The van der Waals surface area contributed by atoms with Crippen LogP contribution >= 0.6 is 11.6 Å². The van der Waals surface area contributed by atoms with E-state index in [9.17, 15) is 34.0 Å². The van der Waals surface area contributed by atoms with Gasteiger partial charge in [-0.1, -0.05) is 49.7 Å². The molecular weight excluding hydrogens is 689 g/mol. The van der Waals surface area contributed by atoms with Crippen LogP contribution in [0.3, 0.4) is 0 Å². The Morgan fingerprint density at radius 2 is 1.10 bits per heavy atom. The van der Waals surface area contributed by atoms with Crippen molar-refractivity contribution >= 4 is 48.3 Å². The second-order valence-corrected chi connectivity index (χ2v) is 13.8. The SMILES string of the molecule is CC(C)C[C@H](NC(=O)[C@H](C)NC(=O)C(CCCCN)NC(=O)[C@H](CCCCN)NC(=O)c1ccc(-c2ccc(Cl)cc2)cc1)C(=O)N[C@@H](C)B(O)O. The van der Waals surface area contributed by atoms with Crippen LogP contribution in [0.4, 0.5) is 0 Å². The molecule has 11 N–H and O–H groups in total. The van der Waals surface area contributed by atoms with Gasteiger partial charge in [0.1, 0.15) is 24.2 Å². The summed E-state index contributed by atoms with van der Waals surface area (Å²) in [6.07, 6.45) is 3.02. The average molecular weight is 744 g/mol. The number of nitrogens with two attached hydrogens (primary N) is 2. The van der Waals surface area contributed by atoms with Gasteiger partial charge in [0.2, 0.25) is 23.6 Å². The smallest absolute Gasteiger partial charge is 0.426 e. The van der Waals surface area contributed by atoms with Crippen molar-refractivity contribution in [3.8, 4) is 11.1 Å². The van der Waals surface area contributed by atoms with Crippen molar-refractivity contribution in [2.24, 2.45) is 17.4 Å². The summed E-state index contributed by atoms with van der Waals surface area (Å²) in [5, 5.41) is 32.6. The fourth-order valence-electron chi connectivity index (χ4n) is 5.27. The maximum absolute atomic E-state index is 13.7. The minimum atomic E-state index is -1.79. The van der Waals surface area contributed by atoms with Crippen molar-refractivity contribution in [2.75, 3.05) is 13.1 Å². The quantitative estimate of drug-likeness (QED) is 0.0625. The first kappa shape index (κ1) is 44.1. The van der Waals surface area contributed by atoms with Crippen LogP contribution in [-0.2, 0) is 19.2 Å². The van der Waals surface area contributed by atoms with Gasteiger partial charge in [-0.05, 0) is 113 Å². The number of benzene rings is 2. The van der Waals surface area contributed by atoms with E-state index in [0.717, 1.165) is 11.1 Å². The van der Waals surface area contributed by atoms with Crippen molar-refractivity contribution < 1.29 is 34.0 Å². The Labute approximate surface area is 311 Å². The van der Waals surface area contributed by atoms with Crippen molar-refractivity contribution in [1.82, 2.24) is 26.6 Å². The van der Waals surface area contributed by atoms with E-state index >= 15 is 0 Å². The zero-order chi connectivity index (χ0) is 38.8. The number of carbonyl (C=O) groups is 5. The summed E-state index contributed by atoms with van der Waals surface area (Å²) in [6, 6.07) is 10.1. The lowest BCUT2D eigenvalue weighted by atomic mass is 9.81. The van der Waals surface area contributed by atoms with Crippen molar-refractivity contribution in [3.63, 3.8) is 0 Å². The third-order valence-electron chi connectivity index (χ3n) is 8.38. The van der Waals surface area contributed by atoms with Crippen LogP contribution in [0, 0.1) is 5.92 Å². The Morgan fingerprint density at radius 3 is 1.60 bits per heavy atom. The lowest BCUT2D eigenvalue weighted by Crippen LogP contribution is -2.58. The molecule has 0 radical (unpaired) electrons. The fourth-order valence-corrected chi connectivity index (χ4v) is 5.40. The van der Waals surface area contributed by atoms with Crippen LogP contribution in [0.2, 0.25) is 5.02 Å². The van der Waals surface area contributed by atoms with E-state index in [4.69, 9.17) is 23.1 Å². The molecule has 14 nitrogen and oxygen atoms in total. The van der Waals surface area contributed by atoms with Crippen LogP contribution in [0.5, 0.6) is 0 Å². The van der Waals surface area contributed by atoms with Crippen molar-refractivity contribution in [3.05, 3.63) is 59.1 Å². The number of hydrogen-bond acceptors (Lipinski definition) is 9. The molecule has 1 unspecified atom stereocenters. The molecule has 0 aromatic heterocycles. The van der Waals surface area contributed by atoms with E-state index in [-0.39, 0.29) is 25.2 Å². The van der Waals surface area contributed by atoms with Crippen LogP contribution in [0.25, 0.3) is 11.1 Å². The molecule has 0 saturated heterocycles. The molecule has 16 heteroatoms.